The number of thiocarbonyl (C=S) groups is 1. The Morgan fingerprint density at radius 1 is 1.46 bits per heavy atom. The second-order valence-corrected chi connectivity index (χ2v) is 6.04. The van der Waals surface area contributed by atoms with Crippen LogP contribution in [0.5, 0.6) is 5.75 Å². The van der Waals surface area contributed by atoms with Crippen LogP contribution in [-0.4, -0.2) is 48.8 Å². The van der Waals surface area contributed by atoms with Crippen molar-refractivity contribution in [2.45, 2.75) is 32.8 Å². The van der Waals surface area contributed by atoms with Crippen molar-refractivity contribution in [2.75, 3.05) is 31.1 Å². The van der Waals surface area contributed by atoms with Crippen LogP contribution < -0.4 is 15.6 Å². The number of phenols is 1. The average molecular weight is 350 g/mol. The van der Waals surface area contributed by atoms with Gasteiger partial charge < -0.3 is 20.1 Å². The van der Waals surface area contributed by atoms with Crippen molar-refractivity contribution in [3.63, 3.8) is 0 Å². The van der Waals surface area contributed by atoms with Gasteiger partial charge in [0.15, 0.2) is 5.11 Å². The van der Waals surface area contributed by atoms with Gasteiger partial charge in [0, 0.05) is 43.6 Å². The maximum Gasteiger partial charge on any atom is 0.187 e. The summed E-state index contributed by atoms with van der Waals surface area (Å²) >= 11 is 5.16. The Kier molecular flexibility index (Phi) is 7.27. The molecule has 1 aliphatic heterocycles. The molecule has 1 fully saturated rings. The van der Waals surface area contributed by atoms with Gasteiger partial charge in [0.25, 0.3) is 0 Å². The summed E-state index contributed by atoms with van der Waals surface area (Å²) in [6.45, 7) is 7.48. The maximum atomic E-state index is 10.1. The van der Waals surface area contributed by atoms with E-state index in [0.717, 1.165) is 38.2 Å². The zero-order valence-corrected chi connectivity index (χ0v) is 15.1. The third-order valence-electron chi connectivity index (χ3n) is 4.03. The maximum absolute atomic E-state index is 10.1. The summed E-state index contributed by atoms with van der Waals surface area (Å²) in [6, 6.07) is 5.57. The highest BCUT2D eigenvalue weighted by atomic mass is 32.1. The lowest BCUT2D eigenvalue weighted by atomic mass is 10.2. The van der Waals surface area contributed by atoms with Crippen LogP contribution in [0.3, 0.4) is 0 Å². The zero-order chi connectivity index (χ0) is 17.4. The lowest BCUT2D eigenvalue weighted by molar-refractivity contribution is 0.114. The number of rotatable bonds is 7. The SMILES string of the molecule is CCN(CC)c1ccc(C=NNC(=S)NCC2CCCO2)c(O)c1. The van der Waals surface area contributed by atoms with E-state index in [9.17, 15) is 5.11 Å². The molecule has 1 heterocycles. The monoisotopic (exact) mass is 350 g/mol. The number of ether oxygens (including phenoxy) is 1. The molecule has 24 heavy (non-hydrogen) atoms. The molecule has 1 unspecified atom stereocenters. The Bertz CT molecular complexity index is 570. The van der Waals surface area contributed by atoms with Gasteiger partial charge in [0.2, 0.25) is 0 Å². The van der Waals surface area contributed by atoms with Gasteiger partial charge in [0.05, 0.1) is 12.3 Å². The molecule has 7 heteroatoms. The number of benzene rings is 1. The third-order valence-corrected chi connectivity index (χ3v) is 4.26. The van der Waals surface area contributed by atoms with E-state index in [-0.39, 0.29) is 11.9 Å². The summed E-state index contributed by atoms with van der Waals surface area (Å²) in [6.07, 6.45) is 3.95. The molecule has 1 aromatic rings. The molecule has 6 nitrogen and oxygen atoms in total. The Morgan fingerprint density at radius 3 is 2.88 bits per heavy atom. The molecule has 2 rings (SSSR count). The zero-order valence-electron chi connectivity index (χ0n) is 14.3. The minimum absolute atomic E-state index is 0.197. The molecule has 0 bridgehead atoms. The van der Waals surface area contributed by atoms with E-state index in [1.54, 1.807) is 12.3 Å². The first-order valence-electron chi connectivity index (χ1n) is 8.40. The van der Waals surface area contributed by atoms with Crippen molar-refractivity contribution in [1.29, 1.82) is 0 Å². The van der Waals surface area contributed by atoms with E-state index in [1.165, 1.54) is 0 Å². The Morgan fingerprint density at radius 2 is 2.25 bits per heavy atom. The van der Waals surface area contributed by atoms with Crippen LogP contribution in [0.2, 0.25) is 0 Å². The number of hydrogen-bond donors (Lipinski definition) is 3. The van der Waals surface area contributed by atoms with Crippen LogP contribution in [0.1, 0.15) is 32.3 Å². The average Bonchev–Trinajstić information content (AvgIpc) is 3.09. The van der Waals surface area contributed by atoms with E-state index in [4.69, 9.17) is 17.0 Å². The predicted molar refractivity (Wildman–Crippen MR) is 102 cm³/mol. The quantitative estimate of drug-likeness (QED) is 0.398. The molecule has 1 aliphatic rings. The Labute approximate surface area is 148 Å². The molecule has 0 aromatic heterocycles. The predicted octanol–water partition coefficient (Wildman–Crippen LogP) is 2.22. The topological polar surface area (TPSA) is 69.1 Å². The van der Waals surface area contributed by atoms with Crippen LogP contribution in [-0.2, 0) is 4.74 Å². The van der Waals surface area contributed by atoms with E-state index < -0.39 is 0 Å². The first-order valence-corrected chi connectivity index (χ1v) is 8.81. The van der Waals surface area contributed by atoms with Gasteiger partial charge in [0.1, 0.15) is 5.75 Å². The number of phenolic OH excluding ortho intramolecular Hbond substituents is 1. The number of aromatic hydroxyl groups is 1. The van der Waals surface area contributed by atoms with E-state index in [2.05, 4.69) is 34.6 Å². The van der Waals surface area contributed by atoms with E-state index >= 15 is 0 Å². The van der Waals surface area contributed by atoms with Crippen molar-refractivity contribution in [2.24, 2.45) is 5.10 Å². The fourth-order valence-electron chi connectivity index (χ4n) is 2.64. The standard InChI is InChI=1S/C17H26N4O2S/c1-3-21(4-2)14-8-7-13(16(22)10-14)11-19-20-17(24)18-12-15-6-5-9-23-15/h7-8,10-11,15,22H,3-6,9,12H2,1-2H3,(H2,18,20,24). The highest BCUT2D eigenvalue weighted by Gasteiger charge is 2.15. The molecule has 0 saturated carbocycles. The van der Waals surface area contributed by atoms with Crippen LogP contribution in [0.4, 0.5) is 5.69 Å². The normalized spacial score (nSPS) is 17.2. The van der Waals surface area contributed by atoms with Crippen molar-refractivity contribution < 1.29 is 9.84 Å². The number of anilines is 1. The van der Waals surface area contributed by atoms with Crippen molar-refractivity contribution in [3.05, 3.63) is 23.8 Å². The molecule has 1 aromatic carbocycles. The van der Waals surface area contributed by atoms with Gasteiger partial charge in [-0.1, -0.05) is 0 Å². The van der Waals surface area contributed by atoms with Crippen molar-refractivity contribution in [3.8, 4) is 5.75 Å². The highest BCUT2D eigenvalue weighted by molar-refractivity contribution is 7.80. The van der Waals surface area contributed by atoms with Gasteiger partial charge in [-0.2, -0.15) is 5.10 Å². The van der Waals surface area contributed by atoms with Crippen LogP contribution >= 0.6 is 12.2 Å². The molecule has 0 spiro atoms. The molecule has 3 N–H and O–H groups in total. The molecular formula is C17H26N4O2S. The lowest BCUT2D eigenvalue weighted by Gasteiger charge is -2.21. The highest BCUT2D eigenvalue weighted by Crippen LogP contribution is 2.23. The molecule has 1 saturated heterocycles. The van der Waals surface area contributed by atoms with E-state index in [0.29, 0.717) is 17.2 Å². The summed E-state index contributed by atoms with van der Waals surface area (Å²) < 4.78 is 5.52. The third kappa shape index (κ3) is 5.35. The van der Waals surface area contributed by atoms with Gasteiger partial charge >= 0.3 is 0 Å². The van der Waals surface area contributed by atoms with Crippen LogP contribution in [0, 0.1) is 0 Å². The van der Waals surface area contributed by atoms with Gasteiger partial charge in [-0.3, -0.25) is 5.43 Å². The Hall–Kier alpha value is -1.86. The number of hydrogen-bond acceptors (Lipinski definition) is 5. The fourth-order valence-corrected chi connectivity index (χ4v) is 2.77. The smallest absolute Gasteiger partial charge is 0.187 e. The number of hydrazone groups is 1. The first kappa shape index (κ1) is 18.5. The Balaban J connectivity index is 1.83. The number of nitrogens with zero attached hydrogens (tertiary/aromatic N) is 2. The second kappa shape index (κ2) is 9.44. The van der Waals surface area contributed by atoms with Crippen LogP contribution in [0.25, 0.3) is 0 Å². The van der Waals surface area contributed by atoms with E-state index in [1.807, 2.05) is 12.1 Å². The number of nitrogens with one attached hydrogen (secondary N) is 2. The molecule has 132 valence electrons. The van der Waals surface area contributed by atoms with Gasteiger partial charge in [-0.25, -0.2) is 0 Å². The minimum atomic E-state index is 0.197. The second-order valence-electron chi connectivity index (χ2n) is 5.63. The summed E-state index contributed by atoms with van der Waals surface area (Å²) in [5.74, 6) is 0.197. The largest absolute Gasteiger partial charge is 0.507 e. The van der Waals surface area contributed by atoms with Gasteiger partial charge in [-0.05, 0) is 51.0 Å². The van der Waals surface area contributed by atoms with Crippen LogP contribution in [0.15, 0.2) is 23.3 Å². The molecule has 0 aliphatic carbocycles. The fraction of sp³-hybridized carbons (Fsp3) is 0.529. The molecular weight excluding hydrogens is 324 g/mol. The summed E-state index contributed by atoms with van der Waals surface area (Å²) in [7, 11) is 0. The molecule has 0 amide bonds. The van der Waals surface area contributed by atoms with Crippen molar-refractivity contribution in [1.82, 2.24) is 10.7 Å². The summed E-state index contributed by atoms with van der Waals surface area (Å²) in [5.41, 5.74) is 4.39. The lowest BCUT2D eigenvalue weighted by Crippen LogP contribution is -2.37. The summed E-state index contributed by atoms with van der Waals surface area (Å²) in [4.78, 5) is 2.17. The molecule has 1 atom stereocenters. The van der Waals surface area contributed by atoms with Crippen molar-refractivity contribution >= 4 is 29.2 Å². The molecule has 0 radical (unpaired) electrons. The first-order chi connectivity index (χ1) is 11.6. The minimum Gasteiger partial charge on any atom is -0.507 e. The van der Waals surface area contributed by atoms with Gasteiger partial charge in [-0.15, -0.1) is 0 Å². The summed E-state index contributed by atoms with van der Waals surface area (Å²) in [5, 5.41) is 17.7.